The first-order valence-corrected chi connectivity index (χ1v) is 6.13. The molecule has 0 aliphatic carbocycles. The first kappa shape index (κ1) is 12.0. The van der Waals surface area contributed by atoms with Crippen molar-refractivity contribution in [2.45, 2.75) is 25.9 Å². The number of rotatable bonds is 4. The molecule has 0 amide bonds. The van der Waals surface area contributed by atoms with Crippen LogP contribution in [0, 0.1) is 11.3 Å². The van der Waals surface area contributed by atoms with Crippen LogP contribution in [0.1, 0.15) is 24.6 Å². The van der Waals surface area contributed by atoms with Gasteiger partial charge in [-0.15, -0.1) is 0 Å². The summed E-state index contributed by atoms with van der Waals surface area (Å²) in [6.07, 6.45) is 2.93. The molecule has 17 heavy (non-hydrogen) atoms. The molecule has 0 radical (unpaired) electrons. The van der Waals surface area contributed by atoms with E-state index in [1.165, 1.54) is 12.0 Å². The highest BCUT2D eigenvalue weighted by Gasteiger charge is 2.20. The number of hydrogen-bond donors (Lipinski definition) is 1. The molecule has 1 aliphatic heterocycles. The third kappa shape index (κ3) is 3.02. The Hall–Kier alpha value is -1.44. The maximum atomic E-state index is 8.83. The third-order valence-corrected chi connectivity index (χ3v) is 3.28. The smallest absolute Gasteiger partial charge is 0.140 e. The molecule has 1 aromatic heterocycles. The highest BCUT2D eigenvalue weighted by molar-refractivity contribution is 5.25. The van der Waals surface area contributed by atoms with Gasteiger partial charge in [-0.2, -0.15) is 5.26 Å². The highest BCUT2D eigenvalue weighted by Crippen LogP contribution is 2.13. The zero-order chi connectivity index (χ0) is 12.1. The van der Waals surface area contributed by atoms with Gasteiger partial charge in [-0.05, 0) is 37.2 Å². The van der Waals surface area contributed by atoms with E-state index in [1.807, 2.05) is 12.1 Å². The van der Waals surface area contributed by atoms with Crippen molar-refractivity contribution in [3.8, 4) is 6.07 Å². The van der Waals surface area contributed by atoms with Crippen LogP contribution in [-0.2, 0) is 6.54 Å². The van der Waals surface area contributed by atoms with E-state index in [0.717, 1.165) is 26.2 Å². The van der Waals surface area contributed by atoms with E-state index in [2.05, 4.69) is 28.2 Å². The lowest BCUT2D eigenvalue weighted by molar-refractivity contribution is 0.210. The number of aromatic nitrogens is 1. The zero-order valence-electron chi connectivity index (χ0n) is 10.2. The summed E-state index contributed by atoms with van der Waals surface area (Å²) < 4.78 is 0. The topological polar surface area (TPSA) is 52.0 Å². The number of hydrogen-bond acceptors (Lipinski definition) is 4. The van der Waals surface area contributed by atoms with Crippen LogP contribution in [0.2, 0.25) is 0 Å². The molecule has 2 heterocycles. The number of likely N-dealkylation sites (N-methyl/N-ethyl adjacent to an activating group) is 1. The molecule has 1 unspecified atom stereocenters. The summed E-state index contributed by atoms with van der Waals surface area (Å²) in [5.74, 6) is 0. The van der Waals surface area contributed by atoms with Gasteiger partial charge >= 0.3 is 0 Å². The minimum Gasteiger partial charge on any atom is -0.315 e. The second-order valence-electron chi connectivity index (χ2n) is 4.37. The van der Waals surface area contributed by atoms with Crippen molar-refractivity contribution in [2.24, 2.45) is 0 Å². The van der Waals surface area contributed by atoms with Crippen LogP contribution in [0.3, 0.4) is 0 Å². The van der Waals surface area contributed by atoms with Crippen molar-refractivity contribution in [3.05, 3.63) is 29.6 Å². The third-order valence-electron chi connectivity index (χ3n) is 3.28. The fraction of sp³-hybridized carbons (Fsp3) is 0.538. The minimum absolute atomic E-state index is 0.503. The van der Waals surface area contributed by atoms with Crippen LogP contribution in [0.25, 0.3) is 0 Å². The molecular formula is C13H18N4. The van der Waals surface area contributed by atoms with Gasteiger partial charge in [0.1, 0.15) is 11.8 Å². The molecule has 4 heteroatoms. The Kier molecular flexibility index (Phi) is 4.08. The van der Waals surface area contributed by atoms with E-state index in [4.69, 9.17) is 5.26 Å². The Morgan fingerprint density at radius 3 is 3.18 bits per heavy atom. The normalized spacial score (nSPS) is 19.5. The summed E-state index contributed by atoms with van der Waals surface area (Å²) in [5.41, 5.74) is 1.67. The molecule has 1 saturated heterocycles. The maximum absolute atomic E-state index is 8.83. The SMILES string of the molecule is CCN(Cc1ccnc(C#N)c1)C1CCNC1. The van der Waals surface area contributed by atoms with Gasteiger partial charge in [-0.1, -0.05) is 6.92 Å². The van der Waals surface area contributed by atoms with Crippen LogP contribution in [-0.4, -0.2) is 35.6 Å². The summed E-state index contributed by atoms with van der Waals surface area (Å²) in [5, 5.41) is 12.2. The summed E-state index contributed by atoms with van der Waals surface area (Å²) >= 11 is 0. The zero-order valence-corrected chi connectivity index (χ0v) is 10.2. The van der Waals surface area contributed by atoms with Crippen LogP contribution in [0.4, 0.5) is 0 Å². The molecule has 1 N–H and O–H groups in total. The predicted octanol–water partition coefficient (Wildman–Crippen LogP) is 1.14. The average molecular weight is 230 g/mol. The molecular weight excluding hydrogens is 212 g/mol. The van der Waals surface area contributed by atoms with Gasteiger partial charge in [-0.25, -0.2) is 4.98 Å². The molecule has 90 valence electrons. The van der Waals surface area contributed by atoms with Crippen LogP contribution < -0.4 is 5.32 Å². The monoisotopic (exact) mass is 230 g/mol. The second kappa shape index (κ2) is 5.76. The van der Waals surface area contributed by atoms with Gasteiger partial charge in [0.2, 0.25) is 0 Å². The molecule has 4 nitrogen and oxygen atoms in total. The van der Waals surface area contributed by atoms with Gasteiger partial charge in [0.25, 0.3) is 0 Å². The summed E-state index contributed by atoms with van der Waals surface area (Å²) in [4.78, 5) is 6.45. The molecule has 1 atom stereocenters. The Morgan fingerprint density at radius 2 is 2.53 bits per heavy atom. The second-order valence-corrected chi connectivity index (χ2v) is 4.37. The van der Waals surface area contributed by atoms with Crippen LogP contribution in [0.15, 0.2) is 18.3 Å². The molecule has 1 aromatic rings. The van der Waals surface area contributed by atoms with Crippen molar-refractivity contribution in [1.29, 1.82) is 5.26 Å². The highest BCUT2D eigenvalue weighted by atomic mass is 15.2. The molecule has 1 aliphatic rings. The van der Waals surface area contributed by atoms with Crippen molar-refractivity contribution in [2.75, 3.05) is 19.6 Å². The van der Waals surface area contributed by atoms with Gasteiger partial charge in [0.05, 0.1) is 0 Å². The van der Waals surface area contributed by atoms with Crippen molar-refractivity contribution in [3.63, 3.8) is 0 Å². The standard InChI is InChI=1S/C13H18N4/c1-2-17(13-4-5-15-9-13)10-11-3-6-16-12(7-11)8-14/h3,6-7,13,15H,2,4-5,9-10H2,1H3. The lowest BCUT2D eigenvalue weighted by atomic mass is 10.1. The largest absolute Gasteiger partial charge is 0.315 e. The maximum Gasteiger partial charge on any atom is 0.140 e. The van der Waals surface area contributed by atoms with E-state index < -0.39 is 0 Å². The quantitative estimate of drug-likeness (QED) is 0.842. The first-order chi connectivity index (χ1) is 8.33. The van der Waals surface area contributed by atoms with Crippen LogP contribution >= 0.6 is 0 Å². The molecule has 0 bridgehead atoms. The van der Waals surface area contributed by atoms with Gasteiger partial charge in [0.15, 0.2) is 0 Å². The van der Waals surface area contributed by atoms with E-state index >= 15 is 0 Å². The first-order valence-electron chi connectivity index (χ1n) is 6.13. The summed E-state index contributed by atoms with van der Waals surface area (Å²) in [7, 11) is 0. The number of nitriles is 1. The average Bonchev–Trinajstić information content (AvgIpc) is 2.90. The van der Waals surface area contributed by atoms with E-state index in [9.17, 15) is 0 Å². The minimum atomic E-state index is 0.503. The van der Waals surface area contributed by atoms with Gasteiger partial charge in [0, 0.05) is 25.3 Å². The Balaban J connectivity index is 2.04. The number of nitrogens with zero attached hydrogens (tertiary/aromatic N) is 3. The predicted molar refractivity (Wildman–Crippen MR) is 66.3 cm³/mol. The van der Waals surface area contributed by atoms with Gasteiger partial charge in [-0.3, -0.25) is 4.90 Å². The summed E-state index contributed by atoms with van der Waals surface area (Å²) in [6.45, 7) is 6.31. The molecule has 2 rings (SSSR count). The summed E-state index contributed by atoms with van der Waals surface area (Å²) in [6, 6.07) is 6.58. The molecule has 0 aromatic carbocycles. The van der Waals surface area contributed by atoms with E-state index in [1.54, 1.807) is 6.20 Å². The van der Waals surface area contributed by atoms with E-state index in [-0.39, 0.29) is 0 Å². The Labute approximate surface area is 102 Å². The Bertz CT molecular complexity index is 404. The van der Waals surface area contributed by atoms with Gasteiger partial charge < -0.3 is 5.32 Å². The fourth-order valence-electron chi connectivity index (χ4n) is 2.32. The lowest BCUT2D eigenvalue weighted by Crippen LogP contribution is -2.36. The number of nitrogens with one attached hydrogen (secondary N) is 1. The van der Waals surface area contributed by atoms with Crippen LogP contribution in [0.5, 0.6) is 0 Å². The molecule has 0 saturated carbocycles. The van der Waals surface area contributed by atoms with Crippen molar-refractivity contribution in [1.82, 2.24) is 15.2 Å². The van der Waals surface area contributed by atoms with Crippen molar-refractivity contribution < 1.29 is 0 Å². The fourth-order valence-corrected chi connectivity index (χ4v) is 2.32. The Morgan fingerprint density at radius 1 is 1.65 bits per heavy atom. The number of pyridine rings is 1. The molecule has 1 fully saturated rings. The van der Waals surface area contributed by atoms with E-state index in [0.29, 0.717) is 11.7 Å². The molecule has 0 spiro atoms. The lowest BCUT2D eigenvalue weighted by Gasteiger charge is -2.26. The van der Waals surface area contributed by atoms with Crippen molar-refractivity contribution >= 4 is 0 Å².